The quantitative estimate of drug-likeness (QED) is 0.851. The lowest BCUT2D eigenvalue weighted by atomic mass is 10.1. The van der Waals surface area contributed by atoms with Crippen LogP contribution in [0.25, 0.3) is 0 Å². The molecule has 0 spiro atoms. The van der Waals surface area contributed by atoms with E-state index in [1.54, 1.807) is 11.1 Å². The van der Waals surface area contributed by atoms with Gasteiger partial charge in [-0.15, -0.1) is 0 Å². The van der Waals surface area contributed by atoms with Crippen LogP contribution in [0.4, 0.5) is 0 Å². The van der Waals surface area contributed by atoms with Crippen molar-refractivity contribution in [2.75, 3.05) is 13.6 Å². The average Bonchev–Trinajstić information content (AvgIpc) is 2.97. The highest BCUT2D eigenvalue weighted by Gasteiger charge is 2.28. The highest BCUT2D eigenvalue weighted by molar-refractivity contribution is 5.92. The molecule has 0 aliphatic carbocycles. The molecular formula is C16H21N5O2. The van der Waals surface area contributed by atoms with E-state index in [-0.39, 0.29) is 5.91 Å². The third kappa shape index (κ3) is 3.24. The summed E-state index contributed by atoms with van der Waals surface area (Å²) in [6.45, 7) is 6.10. The van der Waals surface area contributed by atoms with Crippen molar-refractivity contribution in [1.29, 1.82) is 0 Å². The minimum absolute atomic E-state index is 0.104. The SMILES string of the molecule is CC(C)N(C)Cc1noc2c1CN(C(=O)c1cnccn1)CC2. The van der Waals surface area contributed by atoms with Crippen LogP contribution < -0.4 is 0 Å². The molecule has 0 unspecified atom stereocenters. The lowest BCUT2D eigenvalue weighted by molar-refractivity contribution is 0.0722. The number of hydrogen-bond acceptors (Lipinski definition) is 6. The van der Waals surface area contributed by atoms with Crippen LogP contribution in [-0.4, -0.2) is 50.5 Å². The van der Waals surface area contributed by atoms with Crippen molar-refractivity contribution in [3.8, 4) is 0 Å². The van der Waals surface area contributed by atoms with Gasteiger partial charge in [-0.2, -0.15) is 0 Å². The maximum absolute atomic E-state index is 12.5. The standard InChI is InChI=1S/C16H21N5O2/c1-11(2)20(3)10-14-12-9-21(7-4-15(12)23-19-14)16(22)13-8-17-5-6-18-13/h5-6,8,11H,4,7,9-10H2,1-3H3. The minimum Gasteiger partial charge on any atom is -0.361 e. The first-order chi connectivity index (χ1) is 11.1. The smallest absolute Gasteiger partial charge is 0.274 e. The molecule has 1 aliphatic rings. The van der Waals surface area contributed by atoms with E-state index in [0.29, 0.717) is 37.8 Å². The van der Waals surface area contributed by atoms with Crippen molar-refractivity contribution in [3.05, 3.63) is 41.3 Å². The Balaban J connectivity index is 1.77. The number of amides is 1. The zero-order valence-corrected chi connectivity index (χ0v) is 13.7. The van der Waals surface area contributed by atoms with Crippen LogP contribution >= 0.6 is 0 Å². The van der Waals surface area contributed by atoms with Gasteiger partial charge in [-0.3, -0.25) is 14.7 Å². The summed E-state index contributed by atoms with van der Waals surface area (Å²) in [5.74, 6) is 0.786. The zero-order chi connectivity index (χ0) is 16.4. The van der Waals surface area contributed by atoms with Crippen LogP contribution in [0.2, 0.25) is 0 Å². The van der Waals surface area contributed by atoms with E-state index in [9.17, 15) is 4.79 Å². The highest BCUT2D eigenvalue weighted by atomic mass is 16.5. The van der Waals surface area contributed by atoms with Gasteiger partial charge in [-0.05, 0) is 20.9 Å². The molecule has 0 saturated heterocycles. The fourth-order valence-corrected chi connectivity index (χ4v) is 2.55. The Morgan fingerprint density at radius 2 is 2.26 bits per heavy atom. The highest BCUT2D eigenvalue weighted by Crippen LogP contribution is 2.24. The monoisotopic (exact) mass is 315 g/mol. The van der Waals surface area contributed by atoms with E-state index in [0.717, 1.165) is 17.0 Å². The van der Waals surface area contributed by atoms with Gasteiger partial charge in [-0.1, -0.05) is 5.16 Å². The Hall–Kier alpha value is -2.28. The van der Waals surface area contributed by atoms with Crippen molar-refractivity contribution in [2.24, 2.45) is 0 Å². The fraction of sp³-hybridized carbons (Fsp3) is 0.500. The Morgan fingerprint density at radius 3 is 2.96 bits per heavy atom. The Kier molecular flexibility index (Phi) is 4.38. The summed E-state index contributed by atoms with van der Waals surface area (Å²) in [4.78, 5) is 24.6. The third-order valence-corrected chi connectivity index (χ3v) is 4.26. The third-order valence-electron chi connectivity index (χ3n) is 4.26. The molecule has 1 aliphatic heterocycles. The van der Waals surface area contributed by atoms with Crippen molar-refractivity contribution in [1.82, 2.24) is 24.9 Å². The van der Waals surface area contributed by atoms with Gasteiger partial charge >= 0.3 is 0 Å². The molecule has 0 aromatic carbocycles. The Labute approximate surface area is 135 Å². The number of fused-ring (bicyclic) bond motifs is 1. The molecule has 3 heterocycles. The second kappa shape index (κ2) is 6.45. The Morgan fingerprint density at radius 1 is 1.43 bits per heavy atom. The lowest BCUT2D eigenvalue weighted by Crippen LogP contribution is -2.36. The number of hydrogen-bond donors (Lipinski definition) is 0. The fourth-order valence-electron chi connectivity index (χ4n) is 2.55. The molecule has 122 valence electrons. The van der Waals surface area contributed by atoms with Crippen molar-refractivity contribution < 1.29 is 9.32 Å². The molecule has 0 saturated carbocycles. The minimum atomic E-state index is -0.104. The van der Waals surface area contributed by atoms with E-state index >= 15 is 0 Å². The summed E-state index contributed by atoms with van der Waals surface area (Å²) in [5, 5.41) is 4.20. The summed E-state index contributed by atoms with van der Waals surface area (Å²) in [6, 6.07) is 0.420. The van der Waals surface area contributed by atoms with Crippen molar-refractivity contribution >= 4 is 5.91 Å². The summed E-state index contributed by atoms with van der Waals surface area (Å²) < 4.78 is 5.46. The molecule has 0 bridgehead atoms. The van der Waals surface area contributed by atoms with Crippen LogP contribution in [0, 0.1) is 0 Å². The van der Waals surface area contributed by atoms with Crippen LogP contribution in [0.5, 0.6) is 0 Å². The molecule has 1 amide bonds. The molecule has 2 aromatic rings. The normalized spacial score (nSPS) is 14.4. The molecular weight excluding hydrogens is 294 g/mol. The number of aromatic nitrogens is 3. The first-order valence-corrected chi connectivity index (χ1v) is 7.78. The van der Waals surface area contributed by atoms with E-state index < -0.39 is 0 Å². The number of carbonyl (C=O) groups excluding carboxylic acids is 1. The first kappa shape index (κ1) is 15.6. The molecule has 2 aromatic heterocycles. The van der Waals surface area contributed by atoms with Gasteiger partial charge in [0, 0.05) is 43.5 Å². The predicted octanol–water partition coefficient (Wildman–Crippen LogP) is 1.50. The molecule has 7 heteroatoms. The van der Waals surface area contributed by atoms with E-state index in [1.165, 1.54) is 12.4 Å². The Bertz CT molecular complexity index is 683. The topological polar surface area (TPSA) is 75.4 Å². The summed E-state index contributed by atoms with van der Waals surface area (Å²) in [6.07, 6.45) is 5.27. The van der Waals surface area contributed by atoms with Crippen LogP contribution in [-0.2, 0) is 19.5 Å². The largest absolute Gasteiger partial charge is 0.361 e. The average molecular weight is 315 g/mol. The second-order valence-electron chi connectivity index (χ2n) is 6.11. The summed E-state index contributed by atoms with van der Waals surface area (Å²) in [7, 11) is 2.05. The molecule has 3 rings (SSSR count). The maximum Gasteiger partial charge on any atom is 0.274 e. The molecule has 0 atom stereocenters. The summed E-state index contributed by atoms with van der Waals surface area (Å²) >= 11 is 0. The molecule has 0 fully saturated rings. The zero-order valence-electron chi connectivity index (χ0n) is 13.7. The number of nitrogens with zero attached hydrogens (tertiary/aromatic N) is 5. The maximum atomic E-state index is 12.5. The van der Waals surface area contributed by atoms with Crippen LogP contribution in [0.3, 0.4) is 0 Å². The predicted molar refractivity (Wildman–Crippen MR) is 83.6 cm³/mol. The van der Waals surface area contributed by atoms with Gasteiger partial charge in [0.25, 0.3) is 5.91 Å². The van der Waals surface area contributed by atoms with E-state index in [1.807, 2.05) is 0 Å². The summed E-state index contributed by atoms with van der Waals surface area (Å²) in [5.41, 5.74) is 2.31. The van der Waals surface area contributed by atoms with Crippen LogP contribution in [0.1, 0.15) is 41.4 Å². The number of carbonyl (C=O) groups is 1. The van der Waals surface area contributed by atoms with Crippen molar-refractivity contribution in [3.63, 3.8) is 0 Å². The molecule has 0 N–H and O–H groups in total. The van der Waals surface area contributed by atoms with Gasteiger partial charge in [-0.25, -0.2) is 4.98 Å². The van der Waals surface area contributed by atoms with Gasteiger partial charge in [0.1, 0.15) is 17.1 Å². The van der Waals surface area contributed by atoms with E-state index in [2.05, 4.69) is 40.9 Å². The number of rotatable bonds is 4. The second-order valence-corrected chi connectivity index (χ2v) is 6.11. The lowest BCUT2D eigenvalue weighted by Gasteiger charge is -2.26. The van der Waals surface area contributed by atoms with Crippen LogP contribution in [0.15, 0.2) is 23.1 Å². The van der Waals surface area contributed by atoms with Gasteiger partial charge in [0.15, 0.2) is 0 Å². The first-order valence-electron chi connectivity index (χ1n) is 7.78. The van der Waals surface area contributed by atoms with Gasteiger partial charge in [0.05, 0.1) is 12.7 Å². The molecule has 7 nitrogen and oxygen atoms in total. The van der Waals surface area contributed by atoms with Gasteiger partial charge < -0.3 is 9.42 Å². The van der Waals surface area contributed by atoms with E-state index in [4.69, 9.17) is 4.52 Å². The molecule has 0 radical (unpaired) electrons. The van der Waals surface area contributed by atoms with Gasteiger partial charge in [0.2, 0.25) is 0 Å². The van der Waals surface area contributed by atoms with Crippen molar-refractivity contribution in [2.45, 2.75) is 39.4 Å². The molecule has 23 heavy (non-hydrogen) atoms.